The van der Waals surface area contributed by atoms with E-state index in [1.165, 1.54) is 0 Å². The largest absolute Gasteiger partial charge is 0.348 e. The Kier molecular flexibility index (Phi) is 4.12. The van der Waals surface area contributed by atoms with Crippen LogP contribution in [0, 0.1) is 11.6 Å². The fourth-order valence-electron chi connectivity index (χ4n) is 1.59. The Morgan fingerprint density at radius 2 is 1.89 bits per heavy atom. The van der Waals surface area contributed by atoms with Crippen LogP contribution in [0.15, 0.2) is 42.5 Å². The van der Waals surface area contributed by atoms with Crippen LogP contribution in [0.25, 0.3) is 0 Å². The summed E-state index contributed by atoms with van der Waals surface area (Å²) < 4.78 is 26.3. The van der Waals surface area contributed by atoms with Gasteiger partial charge in [-0.25, -0.2) is 8.78 Å². The smallest absolute Gasteiger partial charge is 0.253 e. The van der Waals surface area contributed by atoms with E-state index < -0.39 is 17.5 Å². The highest BCUT2D eigenvalue weighted by atomic mass is 35.5. The van der Waals surface area contributed by atoms with Crippen molar-refractivity contribution in [2.75, 3.05) is 0 Å². The molecule has 2 nitrogen and oxygen atoms in total. The van der Waals surface area contributed by atoms with Crippen LogP contribution in [0.2, 0.25) is 5.02 Å². The second kappa shape index (κ2) is 5.80. The fourth-order valence-corrected chi connectivity index (χ4v) is 1.82. The molecular weight excluding hydrogens is 272 g/mol. The topological polar surface area (TPSA) is 29.1 Å². The number of hydrogen-bond acceptors (Lipinski definition) is 1. The molecule has 19 heavy (non-hydrogen) atoms. The molecule has 0 spiro atoms. The Labute approximate surface area is 114 Å². The zero-order valence-electron chi connectivity index (χ0n) is 9.79. The highest BCUT2D eigenvalue weighted by Crippen LogP contribution is 2.15. The summed E-state index contributed by atoms with van der Waals surface area (Å²) in [6.45, 7) is -0.104. The molecule has 0 saturated heterocycles. The first kappa shape index (κ1) is 13.5. The van der Waals surface area contributed by atoms with Crippen molar-refractivity contribution >= 4 is 17.5 Å². The van der Waals surface area contributed by atoms with Crippen molar-refractivity contribution in [1.29, 1.82) is 0 Å². The molecule has 0 bridgehead atoms. The van der Waals surface area contributed by atoms with Gasteiger partial charge in [-0.1, -0.05) is 23.7 Å². The molecule has 0 aliphatic rings. The van der Waals surface area contributed by atoms with Gasteiger partial charge in [0.2, 0.25) is 0 Å². The molecule has 0 unspecified atom stereocenters. The Morgan fingerprint density at radius 3 is 2.63 bits per heavy atom. The molecule has 0 fully saturated rings. The van der Waals surface area contributed by atoms with Crippen LogP contribution >= 0.6 is 11.6 Å². The quantitative estimate of drug-likeness (QED) is 0.916. The predicted molar refractivity (Wildman–Crippen MR) is 69.0 cm³/mol. The van der Waals surface area contributed by atoms with Crippen molar-refractivity contribution in [1.82, 2.24) is 5.32 Å². The Bertz CT molecular complexity index is 616. The van der Waals surface area contributed by atoms with Gasteiger partial charge in [-0.15, -0.1) is 0 Å². The standard InChI is InChI=1S/C14H10ClF2NO/c15-12-4-2-1-3-11(12)14(19)18-8-9-7-10(16)5-6-13(9)17/h1-7H,8H2,(H,18,19). The van der Waals surface area contributed by atoms with Crippen LogP contribution in [0.3, 0.4) is 0 Å². The number of hydrogen-bond donors (Lipinski definition) is 1. The van der Waals surface area contributed by atoms with Crippen LogP contribution < -0.4 is 5.32 Å². The van der Waals surface area contributed by atoms with Gasteiger partial charge in [-0.2, -0.15) is 0 Å². The molecule has 0 heterocycles. The zero-order chi connectivity index (χ0) is 13.8. The van der Waals surface area contributed by atoms with Crippen LogP contribution in [-0.4, -0.2) is 5.91 Å². The Morgan fingerprint density at radius 1 is 1.16 bits per heavy atom. The lowest BCUT2D eigenvalue weighted by Gasteiger charge is -2.07. The molecule has 5 heteroatoms. The van der Waals surface area contributed by atoms with E-state index in [4.69, 9.17) is 11.6 Å². The van der Waals surface area contributed by atoms with Gasteiger partial charge < -0.3 is 5.32 Å². The molecule has 0 atom stereocenters. The minimum absolute atomic E-state index is 0.0837. The van der Waals surface area contributed by atoms with E-state index in [0.717, 1.165) is 18.2 Å². The number of benzene rings is 2. The molecule has 1 amide bonds. The number of amides is 1. The minimum atomic E-state index is -0.569. The highest BCUT2D eigenvalue weighted by molar-refractivity contribution is 6.33. The summed E-state index contributed by atoms with van der Waals surface area (Å²) in [5.41, 5.74) is 0.376. The lowest BCUT2D eigenvalue weighted by atomic mass is 10.2. The molecule has 98 valence electrons. The molecule has 1 N–H and O–H groups in total. The second-order valence-corrected chi connectivity index (χ2v) is 4.31. The first-order valence-corrected chi connectivity index (χ1v) is 5.92. The lowest BCUT2D eigenvalue weighted by Crippen LogP contribution is -2.23. The maximum absolute atomic E-state index is 13.4. The summed E-state index contributed by atoms with van der Waals surface area (Å²) in [5, 5.41) is 2.80. The summed E-state index contributed by atoms with van der Waals surface area (Å²) in [5.74, 6) is -1.56. The van der Waals surface area contributed by atoms with Gasteiger partial charge >= 0.3 is 0 Å². The van der Waals surface area contributed by atoms with Crippen molar-refractivity contribution in [3.8, 4) is 0 Å². The minimum Gasteiger partial charge on any atom is -0.348 e. The van der Waals surface area contributed by atoms with Crippen molar-refractivity contribution in [2.24, 2.45) is 0 Å². The highest BCUT2D eigenvalue weighted by Gasteiger charge is 2.10. The van der Waals surface area contributed by atoms with Gasteiger partial charge in [0, 0.05) is 12.1 Å². The summed E-state index contributed by atoms with van der Waals surface area (Å²) in [7, 11) is 0. The van der Waals surface area contributed by atoms with Crippen LogP contribution in [-0.2, 0) is 6.54 Å². The number of rotatable bonds is 3. The van der Waals surface area contributed by atoms with Crippen LogP contribution in [0.5, 0.6) is 0 Å². The maximum Gasteiger partial charge on any atom is 0.253 e. The first-order chi connectivity index (χ1) is 9.08. The van der Waals surface area contributed by atoms with Crippen molar-refractivity contribution < 1.29 is 13.6 Å². The van der Waals surface area contributed by atoms with E-state index in [-0.39, 0.29) is 12.1 Å². The van der Waals surface area contributed by atoms with E-state index in [1.807, 2.05) is 0 Å². The SMILES string of the molecule is O=C(NCc1cc(F)ccc1F)c1ccccc1Cl. The molecule has 0 aliphatic carbocycles. The molecular formula is C14H10ClF2NO. The van der Waals surface area contributed by atoms with E-state index >= 15 is 0 Å². The third kappa shape index (κ3) is 3.29. The molecule has 0 saturated carbocycles. The average molecular weight is 282 g/mol. The van der Waals surface area contributed by atoms with E-state index in [9.17, 15) is 13.6 Å². The third-order valence-electron chi connectivity index (χ3n) is 2.57. The molecule has 2 aromatic carbocycles. The Balaban J connectivity index is 2.09. The van der Waals surface area contributed by atoms with Gasteiger partial charge in [0.25, 0.3) is 5.91 Å². The third-order valence-corrected chi connectivity index (χ3v) is 2.90. The van der Waals surface area contributed by atoms with E-state index in [1.54, 1.807) is 24.3 Å². The van der Waals surface area contributed by atoms with Gasteiger partial charge in [0.1, 0.15) is 11.6 Å². The van der Waals surface area contributed by atoms with E-state index in [2.05, 4.69) is 5.32 Å². The number of carbonyl (C=O) groups excluding carboxylic acids is 1. The van der Waals surface area contributed by atoms with Crippen molar-refractivity contribution in [2.45, 2.75) is 6.54 Å². The molecule has 2 rings (SSSR count). The maximum atomic E-state index is 13.4. The second-order valence-electron chi connectivity index (χ2n) is 3.90. The van der Waals surface area contributed by atoms with Gasteiger partial charge in [0.05, 0.1) is 10.6 Å². The van der Waals surface area contributed by atoms with Crippen molar-refractivity contribution in [3.05, 3.63) is 70.2 Å². The van der Waals surface area contributed by atoms with Gasteiger partial charge in [0.15, 0.2) is 0 Å². The van der Waals surface area contributed by atoms with Gasteiger partial charge in [-0.3, -0.25) is 4.79 Å². The number of halogens is 3. The fraction of sp³-hybridized carbons (Fsp3) is 0.0714. The molecule has 0 aromatic heterocycles. The van der Waals surface area contributed by atoms with Crippen LogP contribution in [0.1, 0.15) is 15.9 Å². The monoisotopic (exact) mass is 281 g/mol. The summed E-state index contributed by atoms with van der Waals surface area (Å²) in [4.78, 5) is 11.8. The van der Waals surface area contributed by atoms with Crippen LogP contribution in [0.4, 0.5) is 8.78 Å². The summed E-state index contributed by atoms with van der Waals surface area (Å²) in [6.07, 6.45) is 0. The number of carbonyl (C=O) groups is 1. The normalized spacial score (nSPS) is 10.3. The lowest BCUT2D eigenvalue weighted by molar-refractivity contribution is 0.0950. The van der Waals surface area contributed by atoms with Gasteiger partial charge in [-0.05, 0) is 30.3 Å². The molecule has 2 aromatic rings. The first-order valence-electron chi connectivity index (χ1n) is 5.54. The average Bonchev–Trinajstić information content (AvgIpc) is 2.40. The zero-order valence-corrected chi connectivity index (χ0v) is 10.5. The molecule has 0 radical (unpaired) electrons. The summed E-state index contributed by atoms with van der Waals surface area (Å²) >= 11 is 5.86. The Hall–Kier alpha value is -1.94. The molecule has 0 aliphatic heterocycles. The number of nitrogens with one attached hydrogen (secondary N) is 1. The van der Waals surface area contributed by atoms with E-state index in [0.29, 0.717) is 10.6 Å². The van der Waals surface area contributed by atoms with Crippen molar-refractivity contribution in [3.63, 3.8) is 0 Å². The predicted octanol–water partition coefficient (Wildman–Crippen LogP) is 3.55. The summed E-state index contributed by atoms with van der Waals surface area (Å²) in [6, 6.07) is 9.59.